The summed E-state index contributed by atoms with van der Waals surface area (Å²) in [6.07, 6.45) is 3.92. The Morgan fingerprint density at radius 2 is 0.738 bits per heavy atom. The monoisotopic (exact) mass is 1070 g/mol. The first kappa shape index (κ1) is 45.8. The van der Waals surface area contributed by atoms with Crippen molar-refractivity contribution in [2.45, 2.75) is 5.41 Å². The molecule has 1 aliphatic heterocycles. The summed E-state index contributed by atoms with van der Waals surface area (Å²) in [5.74, 6) is 1.33. The molecule has 10 heteroatoms. The Hall–Kier alpha value is -12.0. The SMILES string of the molecule is [C-]#[N+]c1ccc2c(c1)c1ccccc1n2-c1cnc2c(c1)C1(c3cc(-n4c5ccccc5c5cc(C#N)ccc54)cnc3-2)c2cccc(-n3c4ccccc4c4ccccc43)c2Oc2c(-n3c4ccccc4c4cc(C#N)ccc43)cccc21. The predicted octanol–water partition coefficient (Wildman–Crippen LogP) is 17.6. The molecule has 0 bridgehead atoms. The minimum absolute atomic E-state index is 0.571. The van der Waals surface area contributed by atoms with Crippen molar-refractivity contribution < 1.29 is 4.74 Å². The molecule has 386 valence electrons. The number of hydrogen-bond acceptors (Lipinski definition) is 5. The van der Waals surface area contributed by atoms with E-state index in [1.165, 1.54) is 0 Å². The first-order valence-electron chi connectivity index (χ1n) is 27.8. The number of fused-ring (bicyclic) bond motifs is 21. The quantitative estimate of drug-likeness (QED) is 0.163. The van der Waals surface area contributed by atoms with Gasteiger partial charge in [-0.05, 0) is 109 Å². The second-order valence-electron chi connectivity index (χ2n) is 21.8. The highest BCUT2D eigenvalue weighted by Crippen LogP contribution is 2.64. The van der Waals surface area contributed by atoms with E-state index in [-0.39, 0.29) is 0 Å². The van der Waals surface area contributed by atoms with Gasteiger partial charge >= 0.3 is 0 Å². The highest BCUT2D eigenvalue weighted by Gasteiger charge is 2.54. The average molecular weight is 1070 g/mol. The van der Waals surface area contributed by atoms with Crippen LogP contribution in [0.2, 0.25) is 0 Å². The van der Waals surface area contributed by atoms with E-state index in [9.17, 15) is 10.5 Å². The van der Waals surface area contributed by atoms with E-state index in [1.54, 1.807) is 0 Å². The van der Waals surface area contributed by atoms with Crippen LogP contribution >= 0.6 is 0 Å². The zero-order valence-electron chi connectivity index (χ0n) is 44.4. The molecule has 18 rings (SSSR count). The van der Waals surface area contributed by atoms with Crippen LogP contribution in [-0.4, -0.2) is 28.2 Å². The zero-order valence-corrected chi connectivity index (χ0v) is 44.4. The summed E-state index contributed by atoms with van der Waals surface area (Å²) < 4.78 is 17.1. The van der Waals surface area contributed by atoms with E-state index in [4.69, 9.17) is 21.3 Å². The molecule has 0 N–H and O–H groups in total. The van der Waals surface area contributed by atoms with Crippen LogP contribution in [0.1, 0.15) is 33.4 Å². The van der Waals surface area contributed by atoms with Gasteiger partial charge in [0, 0.05) is 60.0 Å². The van der Waals surface area contributed by atoms with E-state index < -0.39 is 5.41 Å². The van der Waals surface area contributed by atoms with Crippen LogP contribution in [0.4, 0.5) is 5.69 Å². The Balaban J connectivity index is 1.02. The summed E-state index contributed by atoms with van der Waals surface area (Å²) in [7, 11) is 0. The van der Waals surface area contributed by atoms with E-state index in [0.29, 0.717) is 28.3 Å². The lowest BCUT2D eigenvalue weighted by Gasteiger charge is -2.40. The van der Waals surface area contributed by atoms with Gasteiger partial charge < -0.3 is 23.0 Å². The molecular formula is C74H39N9O. The van der Waals surface area contributed by atoms with Crippen LogP contribution in [0.5, 0.6) is 11.5 Å². The summed E-state index contributed by atoms with van der Waals surface area (Å²) in [4.78, 5) is 15.0. The zero-order chi connectivity index (χ0) is 55.5. The summed E-state index contributed by atoms with van der Waals surface area (Å²) in [5, 5.41) is 28.7. The molecule has 0 radical (unpaired) electrons. The summed E-state index contributed by atoms with van der Waals surface area (Å²) in [6, 6.07) is 82.4. The van der Waals surface area contributed by atoms with Crippen LogP contribution in [0.15, 0.2) is 237 Å². The number of nitriles is 2. The second-order valence-corrected chi connectivity index (χ2v) is 21.8. The van der Waals surface area contributed by atoms with Crippen molar-refractivity contribution >= 4 is 92.9 Å². The molecule has 0 amide bonds. The summed E-state index contributed by atoms with van der Waals surface area (Å²) in [5.41, 5.74) is 16.9. The maximum absolute atomic E-state index is 10.3. The molecule has 84 heavy (non-hydrogen) atoms. The molecule has 0 fully saturated rings. The van der Waals surface area contributed by atoms with Crippen LogP contribution in [0, 0.1) is 29.2 Å². The average Bonchev–Trinajstić information content (AvgIpc) is 1.50. The number of rotatable bonds is 4. The van der Waals surface area contributed by atoms with Crippen LogP contribution in [0.25, 0.3) is 126 Å². The molecule has 1 atom stereocenters. The van der Waals surface area contributed by atoms with Crippen molar-refractivity contribution in [3.05, 3.63) is 282 Å². The van der Waals surface area contributed by atoms with Crippen molar-refractivity contribution in [2.75, 3.05) is 0 Å². The van der Waals surface area contributed by atoms with Crippen LogP contribution in [0.3, 0.4) is 0 Å². The largest absolute Gasteiger partial charge is 0.452 e. The molecule has 1 unspecified atom stereocenters. The lowest BCUT2D eigenvalue weighted by molar-refractivity contribution is 0.433. The van der Waals surface area contributed by atoms with Gasteiger partial charge in [-0.25, -0.2) is 4.85 Å². The molecule has 2 aliphatic rings. The Bertz CT molecular complexity index is 5560. The Kier molecular flexibility index (Phi) is 9.14. The maximum Gasteiger partial charge on any atom is 0.188 e. The summed E-state index contributed by atoms with van der Waals surface area (Å²) >= 11 is 0. The first-order valence-corrected chi connectivity index (χ1v) is 27.8. The Morgan fingerprint density at radius 1 is 0.369 bits per heavy atom. The van der Waals surface area contributed by atoms with Gasteiger partial charge in [-0.3, -0.25) is 9.97 Å². The van der Waals surface area contributed by atoms with Crippen molar-refractivity contribution in [3.63, 3.8) is 0 Å². The minimum atomic E-state index is -1.17. The molecule has 6 aromatic heterocycles. The van der Waals surface area contributed by atoms with Gasteiger partial charge in [-0.15, -0.1) is 0 Å². The molecule has 1 spiro atoms. The van der Waals surface area contributed by atoms with Gasteiger partial charge in [0.25, 0.3) is 0 Å². The lowest BCUT2D eigenvalue weighted by Crippen LogP contribution is -2.33. The molecule has 0 saturated heterocycles. The van der Waals surface area contributed by atoms with E-state index in [1.807, 2.05) is 85.2 Å². The van der Waals surface area contributed by atoms with Crippen LogP contribution in [-0.2, 0) is 5.41 Å². The molecule has 7 heterocycles. The summed E-state index contributed by atoms with van der Waals surface area (Å²) in [6.45, 7) is 7.99. The van der Waals surface area contributed by atoms with E-state index >= 15 is 0 Å². The number of pyridine rings is 2. The topological polar surface area (TPSA) is 107 Å². The van der Waals surface area contributed by atoms with Crippen LogP contribution < -0.4 is 4.74 Å². The number of nitrogens with zero attached hydrogens (tertiary/aromatic N) is 9. The molecule has 10 nitrogen and oxygen atoms in total. The van der Waals surface area contributed by atoms with Crippen molar-refractivity contribution in [1.82, 2.24) is 28.2 Å². The normalized spacial score (nSPS) is 14.1. The van der Waals surface area contributed by atoms with Gasteiger partial charge in [0.15, 0.2) is 17.2 Å². The second kappa shape index (κ2) is 16.8. The predicted molar refractivity (Wildman–Crippen MR) is 332 cm³/mol. The third-order valence-electron chi connectivity index (χ3n) is 17.7. The fourth-order valence-corrected chi connectivity index (χ4v) is 14.4. The lowest BCUT2D eigenvalue weighted by atomic mass is 9.66. The third-order valence-corrected chi connectivity index (χ3v) is 17.7. The Morgan fingerprint density at radius 3 is 1.17 bits per heavy atom. The Labute approximate surface area is 478 Å². The highest BCUT2D eigenvalue weighted by atomic mass is 16.5. The fraction of sp³-hybridized carbons (Fsp3) is 0.0135. The van der Waals surface area contributed by atoms with Crippen molar-refractivity contribution in [1.29, 1.82) is 10.5 Å². The minimum Gasteiger partial charge on any atom is -0.452 e. The fourth-order valence-electron chi connectivity index (χ4n) is 14.4. The number of hydrogen-bond donors (Lipinski definition) is 0. The maximum atomic E-state index is 10.3. The van der Waals surface area contributed by atoms with Gasteiger partial charge in [0.2, 0.25) is 0 Å². The van der Waals surface area contributed by atoms with E-state index in [0.717, 1.165) is 144 Å². The molecule has 1 aliphatic carbocycles. The smallest absolute Gasteiger partial charge is 0.188 e. The molecule has 0 saturated carbocycles. The first-order chi connectivity index (χ1) is 41.5. The standard InChI is InChI=1S/C74H39N9O/c1-77-45-30-33-66-55(36-45)52-18-5-8-22-61(52)81(66)47-38-59-71(79-42-47)70-58(37-46(41-78-70)80-60-21-7-4-16-50(60)53-34-43(39-75)28-31-65(53)80)74(59)56-19-12-26-68(82-62-23-9-2-14-48(62)49-15-3-10-24-63(49)82)72(56)84-73-57(74)20-13-27-69(73)83-64-25-11-6-17-51(64)54-35-44(40-76)29-32-67(54)83/h2-38,41-42H. The van der Waals surface area contributed by atoms with Gasteiger partial charge in [0.1, 0.15) is 0 Å². The van der Waals surface area contributed by atoms with Gasteiger partial charge in [-0.1, -0.05) is 121 Å². The number of para-hydroxylation sites is 7. The van der Waals surface area contributed by atoms with Crippen molar-refractivity contribution in [2.24, 2.45) is 0 Å². The third kappa shape index (κ3) is 5.88. The number of benzene rings is 10. The number of aromatic nitrogens is 6. The van der Waals surface area contributed by atoms with E-state index in [2.05, 4.69) is 187 Å². The molecular weight excluding hydrogens is 1030 g/mol. The van der Waals surface area contributed by atoms with Gasteiger partial charge in [-0.2, -0.15) is 10.5 Å². The van der Waals surface area contributed by atoms with Crippen molar-refractivity contribution in [3.8, 4) is 57.8 Å². The highest BCUT2D eigenvalue weighted by molar-refractivity contribution is 6.13. The molecule has 10 aromatic carbocycles. The molecule has 16 aromatic rings. The van der Waals surface area contributed by atoms with Gasteiger partial charge in [0.05, 0.1) is 126 Å². The number of ether oxygens (including phenoxy) is 1.